The molecule has 1 aromatic heterocycles. The number of methoxy groups -OCH3 is 2. The highest BCUT2D eigenvalue weighted by Gasteiger charge is 2.23. The summed E-state index contributed by atoms with van der Waals surface area (Å²) in [4.78, 5) is 2.61. The van der Waals surface area contributed by atoms with Gasteiger partial charge in [-0.25, -0.2) is 4.83 Å². The third kappa shape index (κ3) is 4.20. The van der Waals surface area contributed by atoms with Crippen LogP contribution < -0.4 is 14.3 Å². The summed E-state index contributed by atoms with van der Waals surface area (Å²) in [6.45, 7) is 9.50. The zero-order chi connectivity index (χ0) is 23.6. The predicted molar refractivity (Wildman–Crippen MR) is 125 cm³/mol. The van der Waals surface area contributed by atoms with Gasteiger partial charge in [-0.2, -0.15) is 18.6 Å². The highest BCUT2D eigenvalue weighted by Crippen LogP contribution is 2.32. The maximum absolute atomic E-state index is 13.0. The first-order chi connectivity index (χ1) is 15.1. The van der Waals surface area contributed by atoms with E-state index in [1.807, 2.05) is 40.7 Å². The van der Waals surface area contributed by atoms with Crippen LogP contribution in [-0.4, -0.2) is 39.0 Å². The molecule has 0 aliphatic rings. The number of aromatic nitrogens is 2. The minimum Gasteiger partial charge on any atom is -0.493 e. The molecule has 0 aliphatic carbocycles. The number of hydrogen-bond donors (Lipinski definition) is 2. The molecule has 0 saturated heterocycles. The number of sulfonamides is 1. The Balaban J connectivity index is 1.91. The van der Waals surface area contributed by atoms with Gasteiger partial charge in [-0.05, 0) is 80.6 Å². The van der Waals surface area contributed by atoms with Gasteiger partial charge in [0, 0.05) is 11.1 Å². The van der Waals surface area contributed by atoms with Gasteiger partial charge in [0.05, 0.1) is 37.2 Å². The fourth-order valence-corrected chi connectivity index (χ4v) is 5.09. The molecule has 0 atom stereocenters. The van der Waals surface area contributed by atoms with Gasteiger partial charge in [-0.15, -0.1) is 0 Å². The Morgan fingerprint density at radius 1 is 0.938 bits per heavy atom. The average Bonchev–Trinajstić information content (AvgIpc) is 3.24. The molecule has 9 heteroatoms. The molecule has 1 heterocycles. The van der Waals surface area contributed by atoms with Gasteiger partial charge in [0.15, 0.2) is 11.5 Å². The Kier molecular flexibility index (Phi) is 6.59. The van der Waals surface area contributed by atoms with Gasteiger partial charge >= 0.3 is 0 Å². The maximum atomic E-state index is 13.0. The molecule has 2 aromatic carbocycles. The highest BCUT2D eigenvalue weighted by atomic mass is 32.2. The summed E-state index contributed by atoms with van der Waals surface area (Å²) >= 11 is 0. The van der Waals surface area contributed by atoms with Gasteiger partial charge in [0.1, 0.15) is 0 Å². The molecule has 32 heavy (non-hydrogen) atoms. The van der Waals surface area contributed by atoms with E-state index in [2.05, 4.69) is 20.1 Å². The van der Waals surface area contributed by atoms with E-state index in [-0.39, 0.29) is 4.90 Å². The van der Waals surface area contributed by atoms with Crippen molar-refractivity contribution in [1.82, 2.24) is 15.0 Å². The molecule has 0 radical (unpaired) electrons. The smallest absolute Gasteiger partial charge is 0.277 e. The van der Waals surface area contributed by atoms with Crippen LogP contribution in [0.15, 0.2) is 34.4 Å². The van der Waals surface area contributed by atoms with Crippen LogP contribution in [0.2, 0.25) is 0 Å². The number of ether oxygens (including phenoxy) is 2. The van der Waals surface area contributed by atoms with E-state index >= 15 is 0 Å². The number of rotatable bonds is 7. The molecule has 2 N–H and O–H groups in total. The summed E-state index contributed by atoms with van der Waals surface area (Å²) < 4.78 is 36.7. The van der Waals surface area contributed by atoms with Crippen LogP contribution in [0, 0.1) is 34.6 Å². The van der Waals surface area contributed by atoms with Crippen LogP contribution in [0.25, 0.3) is 11.3 Å². The lowest BCUT2D eigenvalue weighted by atomic mass is 9.95. The second-order valence-corrected chi connectivity index (χ2v) is 9.17. The van der Waals surface area contributed by atoms with Crippen molar-refractivity contribution in [3.8, 4) is 22.8 Å². The number of nitrogens with one attached hydrogen (secondary N) is 2. The van der Waals surface area contributed by atoms with Crippen molar-refractivity contribution in [2.75, 3.05) is 14.2 Å². The number of nitrogens with zero attached hydrogens (tertiary/aromatic N) is 2. The van der Waals surface area contributed by atoms with Crippen molar-refractivity contribution in [2.45, 2.75) is 39.5 Å². The zero-order valence-electron chi connectivity index (χ0n) is 19.3. The van der Waals surface area contributed by atoms with Crippen LogP contribution in [-0.2, 0) is 10.0 Å². The van der Waals surface area contributed by atoms with E-state index in [1.165, 1.54) is 6.21 Å². The van der Waals surface area contributed by atoms with Crippen LogP contribution >= 0.6 is 0 Å². The first-order valence-corrected chi connectivity index (χ1v) is 11.5. The maximum Gasteiger partial charge on any atom is 0.277 e. The molecule has 0 aliphatic heterocycles. The number of hydrazone groups is 1. The first-order valence-electron chi connectivity index (χ1n) is 10.00. The summed E-state index contributed by atoms with van der Waals surface area (Å²) in [5, 5.41) is 11.0. The van der Waals surface area contributed by atoms with E-state index in [0.717, 1.165) is 33.4 Å². The van der Waals surface area contributed by atoms with Crippen molar-refractivity contribution >= 4 is 16.2 Å². The van der Waals surface area contributed by atoms with Gasteiger partial charge < -0.3 is 9.47 Å². The summed E-state index contributed by atoms with van der Waals surface area (Å²) in [7, 11) is -0.721. The Bertz CT molecular complexity index is 1260. The lowest BCUT2D eigenvalue weighted by molar-refractivity contribution is 0.355. The minimum absolute atomic E-state index is 0.266. The number of hydrogen-bond acceptors (Lipinski definition) is 6. The van der Waals surface area contributed by atoms with Gasteiger partial charge in [-0.1, -0.05) is 0 Å². The number of H-pyrrole nitrogens is 1. The van der Waals surface area contributed by atoms with Crippen LogP contribution in [0.1, 0.15) is 33.4 Å². The molecule has 3 rings (SSSR count). The lowest BCUT2D eigenvalue weighted by Crippen LogP contribution is -2.22. The van der Waals surface area contributed by atoms with Crippen LogP contribution in [0.5, 0.6) is 11.5 Å². The van der Waals surface area contributed by atoms with E-state index in [9.17, 15) is 8.42 Å². The van der Waals surface area contributed by atoms with Crippen LogP contribution in [0.4, 0.5) is 0 Å². The average molecular weight is 457 g/mol. The molecular formula is C23H28N4O4S. The zero-order valence-corrected chi connectivity index (χ0v) is 20.1. The van der Waals surface area contributed by atoms with E-state index in [1.54, 1.807) is 32.5 Å². The summed E-state index contributed by atoms with van der Waals surface area (Å²) in [5.41, 5.74) is 6.55. The molecule has 0 saturated carbocycles. The van der Waals surface area contributed by atoms with Crippen molar-refractivity contribution in [3.63, 3.8) is 0 Å². The number of aromatic amines is 1. The second-order valence-electron chi connectivity index (χ2n) is 7.58. The van der Waals surface area contributed by atoms with Gasteiger partial charge in [0.25, 0.3) is 10.0 Å². The van der Waals surface area contributed by atoms with Crippen LogP contribution in [0.3, 0.4) is 0 Å². The molecule has 0 fully saturated rings. The number of benzene rings is 2. The summed E-state index contributed by atoms with van der Waals surface area (Å²) in [5.74, 6) is 1.17. The Morgan fingerprint density at radius 2 is 1.53 bits per heavy atom. The fraction of sp³-hybridized carbons (Fsp3) is 0.304. The third-order valence-corrected chi connectivity index (χ3v) is 7.41. The normalized spacial score (nSPS) is 11.7. The van der Waals surface area contributed by atoms with E-state index in [0.29, 0.717) is 22.8 Å². The molecule has 0 bridgehead atoms. The largest absolute Gasteiger partial charge is 0.493 e. The third-order valence-electron chi connectivity index (χ3n) is 5.92. The van der Waals surface area contributed by atoms with Crippen molar-refractivity contribution in [3.05, 3.63) is 57.8 Å². The molecule has 0 unspecified atom stereocenters. The molecule has 8 nitrogen and oxygen atoms in total. The molecular weight excluding hydrogens is 428 g/mol. The summed E-state index contributed by atoms with van der Waals surface area (Å²) in [6, 6.07) is 5.44. The first kappa shape index (κ1) is 23.3. The summed E-state index contributed by atoms with van der Waals surface area (Å²) in [6.07, 6.45) is 2.99. The van der Waals surface area contributed by atoms with Crippen molar-refractivity contribution in [2.24, 2.45) is 5.10 Å². The lowest BCUT2D eigenvalue weighted by Gasteiger charge is -2.18. The van der Waals surface area contributed by atoms with Crippen molar-refractivity contribution in [1.29, 1.82) is 0 Å². The van der Waals surface area contributed by atoms with E-state index < -0.39 is 10.0 Å². The fourth-order valence-electron chi connectivity index (χ4n) is 3.70. The Hall–Kier alpha value is -3.33. The predicted octanol–water partition coefficient (Wildman–Crippen LogP) is 3.95. The second kappa shape index (κ2) is 9.04. The molecule has 0 amide bonds. The van der Waals surface area contributed by atoms with Crippen molar-refractivity contribution < 1.29 is 17.9 Å². The topological polar surface area (TPSA) is 106 Å². The van der Waals surface area contributed by atoms with Gasteiger partial charge in [-0.3, -0.25) is 5.10 Å². The highest BCUT2D eigenvalue weighted by molar-refractivity contribution is 7.89. The van der Waals surface area contributed by atoms with E-state index in [4.69, 9.17) is 9.47 Å². The minimum atomic E-state index is -3.85. The molecule has 3 aromatic rings. The monoisotopic (exact) mass is 456 g/mol. The standard InChI is InChI=1S/C23H28N4O4S/c1-13-14(2)16(4)23(17(5)15(13)3)32(28,29)27-25-12-19-11-24-26-22(19)18-8-9-20(30-6)21(10-18)31-7/h8-12,27H,1-7H3,(H,24,26)/b25-12+. The van der Waals surface area contributed by atoms with Gasteiger partial charge in [0.2, 0.25) is 0 Å². The molecule has 0 spiro atoms. The Labute approximate surface area is 188 Å². The quantitative estimate of drug-likeness (QED) is 0.414. The Morgan fingerprint density at radius 3 is 2.12 bits per heavy atom. The molecule has 170 valence electrons. The SMILES string of the molecule is COc1ccc(-c2[nH]ncc2/C=N/NS(=O)(=O)c2c(C)c(C)c(C)c(C)c2C)cc1OC.